The number of rotatable bonds is 1. The largest absolute Gasteiger partial charge is 0.378 e. The molecule has 0 amide bonds. The molecule has 0 radical (unpaired) electrons. The Morgan fingerprint density at radius 1 is 1.55 bits per heavy atom. The minimum atomic E-state index is -0.974. The van der Waals surface area contributed by atoms with Crippen LogP contribution in [0.25, 0.3) is 0 Å². The van der Waals surface area contributed by atoms with E-state index in [1.807, 2.05) is 0 Å². The molecule has 1 N–H and O–H groups in total. The van der Waals surface area contributed by atoms with Gasteiger partial charge in [-0.25, -0.2) is 0 Å². The zero-order valence-electron chi connectivity index (χ0n) is 7.05. The normalized spacial score (nSPS) is 11.8. The molecule has 0 unspecified atom stereocenters. The van der Waals surface area contributed by atoms with E-state index >= 15 is 0 Å². The van der Waals surface area contributed by atoms with Crippen molar-refractivity contribution in [2.75, 3.05) is 0 Å². The molecule has 0 saturated carbocycles. The summed E-state index contributed by atoms with van der Waals surface area (Å²) in [5.74, 6) is 5.23. The van der Waals surface area contributed by atoms with Crippen LogP contribution in [0.5, 0.6) is 0 Å². The fourth-order valence-corrected chi connectivity index (χ4v) is 0.374. The van der Waals surface area contributed by atoms with E-state index in [1.165, 1.54) is 0 Å². The van der Waals surface area contributed by atoms with E-state index in [9.17, 15) is 0 Å². The lowest BCUT2D eigenvalue weighted by molar-refractivity contribution is 0.143. The number of hydrogen-bond acceptors (Lipinski definition) is 3. The van der Waals surface area contributed by atoms with E-state index in [0.29, 0.717) is 5.71 Å². The molecule has 0 rings (SSSR count). The van der Waals surface area contributed by atoms with Crippen LogP contribution in [0.15, 0.2) is 10.2 Å². The van der Waals surface area contributed by atoms with Gasteiger partial charge in [0.15, 0.2) is 0 Å². The van der Waals surface area contributed by atoms with Gasteiger partial charge in [-0.3, -0.25) is 0 Å². The lowest BCUT2D eigenvalue weighted by Gasteiger charge is -2.05. The second-order valence-corrected chi connectivity index (χ2v) is 2.64. The van der Waals surface area contributed by atoms with Gasteiger partial charge in [0, 0.05) is 6.72 Å². The molecule has 0 aliphatic rings. The Morgan fingerprint density at radius 3 is 2.45 bits per heavy atom. The molecule has 11 heavy (non-hydrogen) atoms. The first-order valence-corrected chi connectivity index (χ1v) is 3.21. The average molecular weight is 152 g/mol. The van der Waals surface area contributed by atoms with Crippen molar-refractivity contribution in [1.82, 2.24) is 0 Å². The van der Waals surface area contributed by atoms with Crippen LogP contribution in [0.4, 0.5) is 0 Å². The van der Waals surface area contributed by atoms with Crippen LogP contribution < -0.4 is 0 Å². The van der Waals surface area contributed by atoms with Crippen LogP contribution in [-0.2, 0) is 0 Å². The highest BCUT2D eigenvalue weighted by Gasteiger charge is 2.05. The van der Waals surface area contributed by atoms with Crippen LogP contribution in [0.1, 0.15) is 20.8 Å². The topological polar surface area (TPSA) is 45.0 Å². The monoisotopic (exact) mass is 152 g/mol. The first-order valence-electron chi connectivity index (χ1n) is 3.21. The van der Waals surface area contributed by atoms with E-state index in [0.717, 1.165) is 0 Å². The van der Waals surface area contributed by atoms with E-state index in [4.69, 9.17) is 5.11 Å². The number of nitrogens with zero attached hydrogens (tertiary/aromatic N) is 2. The fraction of sp³-hybridized carbons (Fsp3) is 0.500. The Kier molecular flexibility index (Phi) is 3.49. The molecule has 0 aromatic heterocycles. The molecule has 0 heterocycles. The number of aliphatic hydroxyl groups is 1. The lowest BCUT2D eigenvalue weighted by atomic mass is 10.1. The maximum atomic E-state index is 9.16. The molecule has 0 fully saturated rings. The summed E-state index contributed by atoms with van der Waals surface area (Å²) in [6.45, 7) is 8.09. The van der Waals surface area contributed by atoms with Gasteiger partial charge in [-0.05, 0) is 26.7 Å². The first kappa shape index (κ1) is 9.86. The number of hydrogen-bond donors (Lipinski definition) is 1. The standard InChI is InChI=1S/C8H12N2O/c1-7(10-9-4)5-6-8(2,3)11/h11H,4H2,1-3H3/b10-7+. The highest BCUT2D eigenvalue weighted by molar-refractivity contribution is 5.98. The zero-order chi connectivity index (χ0) is 8.91. The summed E-state index contributed by atoms with van der Waals surface area (Å²) in [5.41, 5.74) is -0.431. The summed E-state index contributed by atoms with van der Waals surface area (Å²) in [4.78, 5) is 0. The van der Waals surface area contributed by atoms with E-state index in [1.54, 1.807) is 20.8 Å². The molecule has 0 aliphatic heterocycles. The molecular weight excluding hydrogens is 140 g/mol. The highest BCUT2D eigenvalue weighted by Crippen LogP contribution is 1.96. The molecule has 0 spiro atoms. The third-order valence-electron chi connectivity index (χ3n) is 0.770. The van der Waals surface area contributed by atoms with Gasteiger partial charge in [-0.15, -0.1) is 5.10 Å². The SMILES string of the molecule is C=N/N=C(\C)C#CC(C)(C)O. The Hall–Kier alpha value is -1.14. The van der Waals surface area contributed by atoms with Crippen LogP contribution in [-0.4, -0.2) is 23.1 Å². The Balaban J connectivity index is 4.30. The predicted octanol–water partition coefficient (Wildman–Crippen LogP) is 0.837. The first-order chi connectivity index (χ1) is 4.95. The molecule has 0 atom stereocenters. The van der Waals surface area contributed by atoms with Crippen molar-refractivity contribution in [3.8, 4) is 11.8 Å². The second kappa shape index (κ2) is 3.89. The second-order valence-electron chi connectivity index (χ2n) is 2.64. The Morgan fingerprint density at radius 2 is 2.09 bits per heavy atom. The fourth-order valence-electron chi connectivity index (χ4n) is 0.374. The van der Waals surface area contributed by atoms with Crippen LogP contribution >= 0.6 is 0 Å². The maximum Gasteiger partial charge on any atom is 0.120 e. The quantitative estimate of drug-likeness (QED) is 0.338. The van der Waals surface area contributed by atoms with Crippen LogP contribution in [0, 0.1) is 11.8 Å². The van der Waals surface area contributed by atoms with Crippen LogP contribution in [0.3, 0.4) is 0 Å². The van der Waals surface area contributed by atoms with E-state index < -0.39 is 5.60 Å². The van der Waals surface area contributed by atoms with Crippen molar-refractivity contribution < 1.29 is 5.11 Å². The average Bonchev–Trinajstić information content (AvgIpc) is 1.83. The Bertz CT molecular complexity index is 225. The van der Waals surface area contributed by atoms with Gasteiger partial charge in [0.1, 0.15) is 11.3 Å². The summed E-state index contributed by atoms with van der Waals surface area (Å²) in [6, 6.07) is 0. The van der Waals surface area contributed by atoms with Crippen molar-refractivity contribution in [2.45, 2.75) is 26.4 Å². The van der Waals surface area contributed by atoms with Gasteiger partial charge in [0.05, 0.1) is 0 Å². The molecule has 60 valence electrons. The summed E-state index contributed by atoms with van der Waals surface area (Å²) in [7, 11) is 0. The predicted molar refractivity (Wildman–Crippen MR) is 46.7 cm³/mol. The third-order valence-corrected chi connectivity index (χ3v) is 0.770. The smallest absolute Gasteiger partial charge is 0.120 e. The maximum absolute atomic E-state index is 9.16. The molecule has 0 saturated heterocycles. The minimum Gasteiger partial charge on any atom is -0.378 e. The molecule has 0 aromatic rings. The van der Waals surface area contributed by atoms with Gasteiger partial charge in [-0.1, -0.05) is 5.92 Å². The molecular formula is C8H12N2O. The summed E-state index contributed by atoms with van der Waals surface area (Å²) in [6.07, 6.45) is 0. The third kappa shape index (κ3) is 6.75. The molecule has 3 nitrogen and oxygen atoms in total. The van der Waals surface area contributed by atoms with Gasteiger partial charge in [0.2, 0.25) is 0 Å². The van der Waals surface area contributed by atoms with Crippen molar-refractivity contribution >= 4 is 12.4 Å². The van der Waals surface area contributed by atoms with E-state index in [-0.39, 0.29) is 0 Å². The van der Waals surface area contributed by atoms with Crippen molar-refractivity contribution in [1.29, 1.82) is 0 Å². The van der Waals surface area contributed by atoms with Crippen LogP contribution in [0.2, 0.25) is 0 Å². The lowest BCUT2D eigenvalue weighted by Crippen LogP contribution is -2.14. The van der Waals surface area contributed by atoms with Gasteiger partial charge >= 0.3 is 0 Å². The molecule has 0 bridgehead atoms. The molecule has 0 aliphatic carbocycles. The van der Waals surface area contributed by atoms with Crippen molar-refractivity contribution in [2.24, 2.45) is 10.2 Å². The highest BCUT2D eigenvalue weighted by atomic mass is 16.3. The summed E-state index contributed by atoms with van der Waals surface area (Å²) in [5, 5.41) is 16.0. The summed E-state index contributed by atoms with van der Waals surface area (Å²) < 4.78 is 0. The van der Waals surface area contributed by atoms with Gasteiger partial charge < -0.3 is 5.11 Å². The van der Waals surface area contributed by atoms with E-state index in [2.05, 4.69) is 28.8 Å². The molecule has 3 heteroatoms. The van der Waals surface area contributed by atoms with Gasteiger partial charge in [-0.2, -0.15) is 5.10 Å². The Labute approximate surface area is 66.8 Å². The van der Waals surface area contributed by atoms with Crippen molar-refractivity contribution in [3.63, 3.8) is 0 Å². The summed E-state index contributed by atoms with van der Waals surface area (Å²) >= 11 is 0. The van der Waals surface area contributed by atoms with Gasteiger partial charge in [0.25, 0.3) is 0 Å². The molecule has 0 aromatic carbocycles. The zero-order valence-corrected chi connectivity index (χ0v) is 7.05. The minimum absolute atomic E-state index is 0.544. The van der Waals surface area contributed by atoms with Crippen molar-refractivity contribution in [3.05, 3.63) is 0 Å².